The molecule has 0 bridgehead atoms. The fourth-order valence-electron chi connectivity index (χ4n) is 2.90. The van der Waals surface area contributed by atoms with Gasteiger partial charge >= 0.3 is 0 Å². The summed E-state index contributed by atoms with van der Waals surface area (Å²) in [5.74, 6) is -3.96. The SMILES string of the molecule is CC(C)C[C@H](NC(=O)[C@H](CC(N)=O)NC(=O)c1ccccc1)C(=O)N[C@H](C(N)=O)[C@@H](C)O. The highest BCUT2D eigenvalue weighted by Crippen LogP contribution is 2.08. The molecule has 0 aliphatic carbocycles. The molecule has 11 heteroatoms. The molecule has 1 aromatic carbocycles. The molecule has 4 atom stereocenters. The van der Waals surface area contributed by atoms with Gasteiger partial charge in [-0.15, -0.1) is 0 Å². The molecule has 0 saturated carbocycles. The fourth-order valence-corrected chi connectivity index (χ4v) is 2.90. The Hall–Kier alpha value is -3.47. The van der Waals surface area contributed by atoms with Gasteiger partial charge in [-0.1, -0.05) is 32.0 Å². The van der Waals surface area contributed by atoms with Gasteiger partial charge in [0.1, 0.15) is 18.1 Å². The Labute approximate surface area is 186 Å². The summed E-state index contributed by atoms with van der Waals surface area (Å²) in [5, 5.41) is 16.9. The minimum Gasteiger partial charge on any atom is -0.391 e. The van der Waals surface area contributed by atoms with Crippen LogP contribution in [0.5, 0.6) is 0 Å². The van der Waals surface area contributed by atoms with Crippen LogP contribution in [0.25, 0.3) is 0 Å². The summed E-state index contributed by atoms with van der Waals surface area (Å²) in [4.78, 5) is 60.9. The van der Waals surface area contributed by atoms with Gasteiger partial charge in [0.2, 0.25) is 23.6 Å². The molecule has 1 rings (SSSR count). The summed E-state index contributed by atoms with van der Waals surface area (Å²) in [6.45, 7) is 4.91. The molecule has 0 saturated heterocycles. The highest BCUT2D eigenvalue weighted by molar-refractivity contribution is 6.00. The number of rotatable bonds is 12. The predicted molar refractivity (Wildman–Crippen MR) is 116 cm³/mol. The molecule has 8 N–H and O–H groups in total. The molecule has 0 unspecified atom stereocenters. The molecule has 32 heavy (non-hydrogen) atoms. The molecule has 0 fully saturated rings. The van der Waals surface area contributed by atoms with E-state index < -0.39 is 60.2 Å². The molecule has 0 aliphatic heterocycles. The molecule has 0 aromatic heterocycles. The smallest absolute Gasteiger partial charge is 0.251 e. The topological polar surface area (TPSA) is 194 Å². The van der Waals surface area contributed by atoms with Crippen molar-refractivity contribution in [2.24, 2.45) is 17.4 Å². The van der Waals surface area contributed by atoms with E-state index in [0.29, 0.717) is 0 Å². The van der Waals surface area contributed by atoms with Crippen molar-refractivity contribution in [1.82, 2.24) is 16.0 Å². The lowest BCUT2D eigenvalue weighted by atomic mass is 10.0. The van der Waals surface area contributed by atoms with E-state index in [-0.39, 0.29) is 17.9 Å². The summed E-state index contributed by atoms with van der Waals surface area (Å²) in [6, 6.07) is 4.25. The molecule has 0 aliphatic rings. The second kappa shape index (κ2) is 12.4. The molecule has 0 spiro atoms. The Balaban J connectivity index is 3.01. The third-order valence-corrected chi connectivity index (χ3v) is 4.49. The Morgan fingerprint density at radius 2 is 1.44 bits per heavy atom. The Kier molecular flexibility index (Phi) is 10.3. The van der Waals surface area contributed by atoms with Crippen LogP contribution in [0.1, 0.15) is 44.0 Å². The van der Waals surface area contributed by atoms with E-state index in [1.54, 1.807) is 18.2 Å². The highest BCUT2D eigenvalue weighted by atomic mass is 16.3. The van der Waals surface area contributed by atoms with Gasteiger partial charge < -0.3 is 32.5 Å². The van der Waals surface area contributed by atoms with Crippen molar-refractivity contribution < 1.29 is 29.1 Å². The van der Waals surface area contributed by atoms with Crippen molar-refractivity contribution in [2.75, 3.05) is 0 Å². The molecule has 5 amide bonds. The first kappa shape index (κ1) is 26.6. The third kappa shape index (κ3) is 8.72. The van der Waals surface area contributed by atoms with Crippen LogP contribution < -0.4 is 27.4 Å². The zero-order chi connectivity index (χ0) is 24.4. The van der Waals surface area contributed by atoms with Crippen molar-refractivity contribution >= 4 is 29.5 Å². The Morgan fingerprint density at radius 3 is 1.91 bits per heavy atom. The number of nitrogens with one attached hydrogen (secondary N) is 3. The number of nitrogens with two attached hydrogens (primary N) is 2. The van der Waals surface area contributed by atoms with E-state index >= 15 is 0 Å². The number of carbonyl (C=O) groups is 5. The summed E-state index contributed by atoms with van der Waals surface area (Å²) in [7, 11) is 0. The molecule has 176 valence electrons. The summed E-state index contributed by atoms with van der Waals surface area (Å²) < 4.78 is 0. The van der Waals surface area contributed by atoms with Crippen molar-refractivity contribution in [2.45, 2.75) is 57.8 Å². The van der Waals surface area contributed by atoms with Gasteiger partial charge in [0.15, 0.2) is 0 Å². The summed E-state index contributed by atoms with van der Waals surface area (Å²) in [5.41, 5.74) is 10.7. The van der Waals surface area contributed by atoms with Gasteiger partial charge in [0.05, 0.1) is 12.5 Å². The summed E-state index contributed by atoms with van der Waals surface area (Å²) in [6.07, 6.45) is -1.56. The summed E-state index contributed by atoms with van der Waals surface area (Å²) >= 11 is 0. The van der Waals surface area contributed by atoms with Crippen LogP contribution in [0, 0.1) is 5.92 Å². The monoisotopic (exact) mass is 449 g/mol. The minimum absolute atomic E-state index is 0.0434. The number of hydrogen-bond donors (Lipinski definition) is 6. The molecule has 11 nitrogen and oxygen atoms in total. The van der Waals surface area contributed by atoms with Crippen molar-refractivity contribution in [3.8, 4) is 0 Å². The normalized spacial score (nSPS) is 14.5. The highest BCUT2D eigenvalue weighted by Gasteiger charge is 2.31. The van der Waals surface area contributed by atoms with E-state index in [0.717, 1.165) is 0 Å². The Morgan fingerprint density at radius 1 is 0.875 bits per heavy atom. The van der Waals surface area contributed by atoms with Gasteiger partial charge in [-0.3, -0.25) is 24.0 Å². The number of amides is 5. The zero-order valence-corrected chi connectivity index (χ0v) is 18.3. The van der Waals surface area contributed by atoms with Crippen LogP contribution in [0.4, 0.5) is 0 Å². The quantitative estimate of drug-likeness (QED) is 0.226. The minimum atomic E-state index is -1.35. The zero-order valence-electron chi connectivity index (χ0n) is 18.3. The number of aliphatic hydroxyl groups is 1. The second-order valence-electron chi connectivity index (χ2n) is 7.88. The molecule has 0 heterocycles. The van der Waals surface area contributed by atoms with Crippen LogP contribution in [-0.4, -0.2) is 58.9 Å². The third-order valence-electron chi connectivity index (χ3n) is 4.49. The van der Waals surface area contributed by atoms with E-state index in [1.807, 2.05) is 13.8 Å². The van der Waals surface area contributed by atoms with E-state index in [1.165, 1.54) is 19.1 Å². The van der Waals surface area contributed by atoms with Crippen LogP contribution in [-0.2, 0) is 19.2 Å². The number of primary amides is 2. The first-order valence-electron chi connectivity index (χ1n) is 10.1. The predicted octanol–water partition coefficient (Wildman–Crippen LogP) is -1.46. The average molecular weight is 450 g/mol. The number of hydrogen-bond acceptors (Lipinski definition) is 6. The largest absolute Gasteiger partial charge is 0.391 e. The van der Waals surface area contributed by atoms with Gasteiger partial charge in [-0.05, 0) is 31.4 Å². The van der Waals surface area contributed by atoms with Crippen LogP contribution in [0.3, 0.4) is 0 Å². The van der Waals surface area contributed by atoms with E-state index in [2.05, 4.69) is 16.0 Å². The standard InChI is InChI=1S/C21H31N5O6/c1-11(2)9-14(21(32)26-17(12(3)27)18(23)29)25-20(31)15(10-16(22)28)24-19(30)13-7-5-4-6-8-13/h4-8,11-12,14-15,17,27H,9-10H2,1-3H3,(H2,22,28)(H2,23,29)(H,24,30)(H,25,31)(H,26,32)/t12-,14+,15+,17+/m1/s1. The maximum atomic E-state index is 12.8. The van der Waals surface area contributed by atoms with Crippen molar-refractivity contribution in [1.29, 1.82) is 0 Å². The van der Waals surface area contributed by atoms with Crippen molar-refractivity contribution in [3.63, 3.8) is 0 Å². The first-order valence-corrected chi connectivity index (χ1v) is 10.1. The van der Waals surface area contributed by atoms with Gasteiger partial charge in [-0.2, -0.15) is 0 Å². The fraction of sp³-hybridized carbons (Fsp3) is 0.476. The van der Waals surface area contributed by atoms with Crippen molar-refractivity contribution in [3.05, 3.63) is 35.9 Å². The first-order chi connectivity index (χ1) is 14.9. The molecular weight excluding hydrogens is 418 g/mol. The van der Waals surface area contributed by atoms with E-state index in [4.69, 9.17) is 11.5 Å². The number of aliphatic hydroxyl groups excluding tert-OH is 1. The van der Waals surface area contributed by atoms with E-state index in [9.17, 15) is 29.1 Å². The van der Waals surface area contributed by atoms with Crippen LogP contribution in [0.15, 0.2) is 30.3 Å². The van der Waals surface area contributed by atoms with Crippen LogP contribution >= 0.6 is 0 Å². The maximum Gasteiger partial charge on any atom is 0.251 e. The van der Waals surface area contributed by atoms with Gasteiger partial charge in [-0.25, -0.2) is 0 Å². The number of benzene rings is 1. The molecule has 0 radical (unpaired) electrons. The molecule has 1 aromatic rings. The lowest BCUT2D eigenvalue weighted by Gasteiger charge is -2.26. The Bertz CT molecular complexity index is 827. The lowest BCUT2D eigenvalue weighted by molar-refractivity contribution is -0.134. The van der Waals surface area contributed by atoms with Gasteiger partial charge in [0, 0.05) is 5.56 Å². The maximum absolute atomic E-state index is 12.8. The molecular formula is C21H31N5O6. The second-order valence-corrected chi connectivity index (χ2v) is 7.88. The number of carbonyl (C=O) groups excluding carboxylic acids is 5. The lowest BCUT2D eigenvalue weighted by Crippen LogP contribution is -2.58. The van der Waals surface area contributed by atoms with Crippen LogP contribution in [0.2, 0.25) is 0 Å². The average Bonchev–Trinajstić information content (AvgIpc) is 2.70. The van der Waals surface area contributed by atoms with Gasteiger partial charge in [0.25, 0.3) is 5.91 Å².